The molecule has 0 radical (unpaired) electrons. The number of rotatable bonds is 5. The first-order valence-corrected chi connectivity index (χ1v) is 8.15. The fourth-order valence-corrected chi connectivity index (χ4v) is 3.00. The summed E-state index contributed by atoms with van der Waals surface area (Å²) < 4.78 is 13.6. The van der Waals surface area contributed by atoms with Gasteiger partial charge >= 0.3 is 0 Å². The second kappa shape index (κ2) is 7.51. The van der Waals surface area contributed by atoms with E-state index >= 15 is 0 Å². The van der Waals surface area contributed by atoms with Gasteiger partial charge in [-0.15, -0.1) is 11.3 Å². The van der Waals surface area contributed by atoms with Gasteiger partial charge in [0.05, 0.1) is 8.66 Å². The largest absolute Gasteiger partial charge is 0.350 e. The molecule has 116 valence electrons. The van der Waals surface area contributed by atoms with Crippen LogP contribution < -0.4 is 10.6 Å². The van der Waals surface area contributed by atoms with Crippen molar-refractivity contribution in [1.29, 1.82) is 0 Å². The van der Waals surface area contributed by atoms with Gasteiger partial charge in [-0.3, -0.25) is 9.59 Å². The molecule has 1 aromatic heterocycles. The first kappa shape index (κ1) is 16.6. The van der Waals surface area contributed by atoms with E-state index < -0.39 is 6.04 Å². The second-order valence-electron chi connectivity index (χ2n) is 4.64. The predicted octanol–water partition coefficient (Wildman–Crippen LogP) is 3.08. The van der Waals surface area contributed by atoms with Crippen LogP contribution in [0.3, 0.4) is 0 Å². The number of benzene rings is 1. The highest BCUT2D eigenvalue weighted by Crippen LogP contribution is 2.21. The van der Waals surface area contributed by atoms with E-state index in [0.717, 1.165) is 9.35 Å². The Bertz CT molecular complexity index is 672. The predicted molar refractivity (Wildman–Crippen MR) is 87.2 cm³/mol. The van der Waals surface area contributed by atoms with Crippen molar-refractivity contribution in [3.8, 4) is 0 Å². The van der Waals surface area contributed by atoms with Crippen LogP contribution in [0.2, 0.25) is 0 Å². The first-order chi connectivity index (χ1) is 10.5. The van der Waals surface area contributed by atoms with Gasteiger partial charge in [0.25, 0.3) is 5.91 Å². The normalized spacial score (nSPS) is 11.8. The number of thiophene rings is 1. The van der Waals surface area contributed by atoms with E-state index in [1.807, 2.05) is 0 Å². The highest BCUT2D eigenvalue weighted by molar-refractivity contribution is 9.11. The molecule has 1 aromatic carbocycles. The minimum Gasteiger partial charge on any atom is -0.350 e. The van der Waals surface area contributed by atoms with E-state index in [1.54, 1.807) is 31.2 Å². The minimum absolute atomic E-state index is 0.282. The molecular formula is C15H14BrFN2O2S. The Morgan fingerprint density at radius 1 is 1.23 bits per heavy atom. The van der Waals surface area contributed by atoms with Crippen LogP contribution in [-0.4, -0.2) is 17.9 Å². The third kappa shape index (κ3) is 4.64. The summed E-state index contributed by atoms with van der Waals surface area (Å²) in [6.07, 6.45) is 0. The third-order valence-electron chi connectivity index (χ3n) is 2.92. The molecule has 22 heavy (non-hydrogen) atoms. The standard InChI is InChI=1S/C15H14BrFN2O2S/c1-9(19-15(21)12-6-7-13(16)22-12)14(20)18-8-10-2-4-11(17)5-3-10/h2-7,9H,8H2,1H3,(H,18,20)(H,19,21)/t9-/m1/s1. The van der Waals surface area contributed by atoms with Gasteiger partial charge in [0.15, 0.2) is 0 Å². The monoisotopic (exact) mass is 384 g/mol. The molecule has 2 rings (SSSR count). The van der Waals surface area contributed by atoms with Crippen LogP contribution in [0.1, 0.15) is 22.2 Å². The average molecular weight is 385 g/mol. The molecule has 7 heteroatoms. The number of amides is 2. The maximum absolute atomic E-state index is 12.8. The molecule has 2 amide bonds. The third-order valence-corrected chi connectivity index (χ3v) is 4.54. The van der Waals surface area contributed by atoms with Gasteiger partial charge in [-0.1, -0.05) is 12.1 Å². The maximum atomic E-state index is 12.8. The minimum atomic E-state index is -0.658. The van der Waals surface area contributed by atoms with Gasteiger partial charge in [-0.05, 0) is 52.7 Å². The summed E-state index contributed by atoms with van der Waals surface area (Å²) in [7, 11) is 0. The molecule has 0 spiro atoms. The molecule has 0 fully saturated rings. The topological polar surface area (TPSA) is 58.2 Å². The molecule has 4 nitrogen and oxygen atoms in total. The lowest BCUT2D eigenvalue weighted by atomic mass is 10.2. The lowest BCUT2D eigenvalue weighted by molar-refractivity contribution is -0.122. The van der Waals surface area contributed by atoms with Crippen LogP contribution in [0.5, 0.6) is 0 Å². The summed E-state index contributed by atoms with van der Waals surface area (Å²) >= 11 is 4.58. The summed E-state index contributed by atoms with van der Waals surface area (Å²) in [4.78, 5) is 24.4. The Hall–Kier alpha value is -1.73. The van der Waals surface area contributed by atoms with Crippen molar-refractivity contribution < 1.29 is 14.0 Å². The smallest absolute Gasteiger partial charge is 0.262 e. The zero-order valence-corrected chi connectivity index (χ0v) is 14.1. The van der Waals surface area contributed by atoms with Gasteiger partial charge in [-0.2, -0.15) is 0 Å². The number of carbonyl (C=O) groups is 2. The van der Waals surface area contributed by atoms with Crippen LogP contribution in [0, 0.1) is 5.82 Å². The van der Waals surface area contributed by atoms with E-state index in [0.29, 0.717) is 4.88 Å². The zero-order chi connectivity index (χ0) is 16.1. The first-order valence-electron chi connectivity index (χ1n) is 6.54. The van der Waals surface area contributed by atoms with E-state index in [1.165, 1.54) is 23.5 Å². The zero-order valence-electron chi connectivity index (χ0n) is 11.7. The Balaban J connectivity index is 1.84. The summed E-state index contributed by atoms with van der Waals surface area (Å²) in [6, 6.07) is 8.67. The molecule has 2 N–H and O–H groups in total. The number of hydrogen-bond acceptors (Lipinski definition) is 3. The van der Waals surface area contributed by atoms with Gasteiger partial charge < -0.3 is 10.6 Å². The number of nitrogens with one attached hydrogen (secondary N) is 2. The Kier molecular flexibility index (Phi) is 5.68. The van der Waals surface area contributed by atoms with Gasteiger partial charge in [0, 0.05) is 6.54 Å². The van der Waals surface area contributed by atoms with Crippen molar-refractivity contribution in [3.05, 3.63) is 56.4 Å². The lowest BCUT2D eigenvalue weighted by Gasteiger charge is -2.13. The SMILES string of the molecule is C[C@@H](NC(=O)c1ccc(Br)s1)C(=O)NCc1ccc(F)cc1. The molecule has 1 atom stereocenters. The summed E-state index contributed by atoms with van der Waals surface area (Å²) in [5, 5.41) is 5.33. The molecular weight excluding hydrogens is 371 g/mol. The van der Waals surface area contributed by atoms with Crippen molar-refractivity contribution in [2.75, 3.05) is 0 Å². The van der Waals surface area contributed by atoms with Crippen molar-refractivity contribution >= 4 is 39.1 Å². The van der Waals surface area contributed by atoms with Crippen LogP contribution in [0.25, 0.3) is 0 Å². The number of halogens is 2. The van der Waals surface area contributed by atoms with Gasteiger partial charge in [-0.25, -0.2) is 4.39 Å². The fraction of sp³-hybridized carbons (Fsp3) is 0.200. The molecule has 0 saturated carbocycles. The van der Waals surface area contributed by atoms with E-state index in [9.17, 15) is 14.0 Å². The fourth-order valence-electron chi connectivity index (χ4n) is 1.71. The molecule has 0 aliphatic heterocycles. The van der Waals surface area contributed by atoms with Crippen LogP contribution in [0.4, 0.5) is 4.39 Å². The lowest BCUT2D eigenvalue weighted by Crippen LogP contribution is -2.44. The van der Waals surface area contributed by atoms with E-state index in [2.05, 4.69) is 26.6 Å². The maximum Gasteiger partial charge on any atom is 0.262 e. The van der Waals surface area contributed by atoms with Crippen molar-refractivity contribution in [2.45, 2.75) is 19.5 Å². The Morgan fingerprint density at radius 2 is 1.91 bits per heavy atom. The van der Waals surface area contributed by atoms with E-state index in [4.69, 9.17) is 0 Å². The average Bonchev–Trinajstić information content (AvgIpc) is 2.93. The molecule has 0 aliphatic rings. The van der Waals surface area contributed by atoms with Crippen molar-refractivity contribution in [1.82, 2.24) is 10.6 Å². The number of hydrogen-bond donors (Lipinski definition) is 2. The van der Waals surface area contributed by atoms with Gasteiger partial charge in [0.1, 0.15) is 11.9 Å². The molecule has 0 aliphatic carbocycles. The quantitative estimate of drug-likeness (QED) is 0.831. The Labute approximate surface area is 139 Å². The van der Waals surface area contributed by atoms with E-state index in [-0.39, 0.29) is 24.2 Å². The van der Waals surface area contributed by atoms with Crippen LogP contribution >= 0.6 is 27.3 Å². The molecule has 0 unspecified atom stereocenters. The number of carbonyl (C=O) groups excluding carboxylic acids is 2. The van der Waals surface area contributed by atoms with Gasteiger partial charge in [0.2, 0.25) is 5.91 Å². The highest BCUT2D eigenvalue weighted by atomic mass is 79.9. The highest BCUT2D eigenvalue weighted by Gasteiger charge is 2.17. The van der Waals surface area contributed by atoms with Crippen LogP contribution in [-0.2, 0) is 11.3 Å². The van der Waals surface area contributed by atoms with Crippen molar-refractivity contribution in [2.24, 2.45) is 0 Å². The molecule has 2 aromatic rings. The van der Waals surface area contributed by atoms with Crippen molar-refractivity contribution in [3.63, 3.8) is 0 Å². The molecule has 0 saturated heterocycles. The summed E-state index contributed by atoms with van der Waals surface area (Å²) in [6.45, 7) is 1.89. The molecule has 1 heterocycles. The molecule has 0 bridgehead atoms. The summed E-state index contributed by atoms with van der Waals surface area (Å²) in [5.41, 5.74) is 0.787. The Morgan fingerprint density at radius 3 is 2.50 bits per heavy atom. The second-order valence-corrected chi connectivity index (χ2v) is 7.11. The van der Waals surface area contributed by atoms with Crippen LogP contribution in [0.15, 0.2) is 40.2 Å². The summed E-state index contributed by atoms with van der Waals surface area (Å²) in [5.74, 6) is -0.911.